The summed E-state index contributed by atoms with van der Waals surface area (Å²) in [6.07, 6.45) is 6.61. The summed E-state index contributed by atoms with van der Waals surface area (Å²) < 4.78 is 12.4. The summed E-state index contributed by atoms with van der Waals surface area (Å²) in [7, 11) is 1.65. The van der Waals surface area contributed by atoms with Crippen LogP contribution in [0.3, 0.4) is 0 Å². The molecule has 2 aromatic heterocycles. The van der Waals surface area contributed by atoms with E-state index < -0.39 is 0 Å². The number of ether oxygens (including phenoxy) is 1. The number of rotatable bonds is 9. The monoisotopic (exact) mass is 291 g/mol. The third kappa shape index (κ3) is 4.44. The number of aromatic nitrogens is 2. The fourth-order valence-electron chi connectivity index (χ4n) is 2.51. The van der Waals surface area contributed by atoms with E-state index in [0.717, 1.165) is 31.0 Å². The Balaban J connectivity index is 2.00. The van der Waals surface area contributed by atoms with Gasteiger partial charge in [0.2, 0.25) is 0 Å². The molecule has 0 amide bonds. The van der Waals surface area contributed by atoms with Gasteiger partial charge in [-0.15, -0.1) is 0 Å². The van der Waals surface area contributed by atoms with Gasteiger partial charge in [0.15, 0.2) is 5.76 Å². The highest BCUT2D eigenvalue weighted by Crippen LogP contribution is 2.19. The number of methoxy groups -OCH3 is 1. The molecule has 1 atom stereocenters. The second-order valence-corrected chi connectivity index (χ2v) is 5.23. The first-order chi connectivity index (χ1) is 10.3. The van der Waals surface area contributed by atoms with Gasteiger partial charge in [0.05, 0.1) is 6.54 Å². The summed E-state index contributed by atoms with van der Waals surface area (Å²) >= 11 is 0. The topological polar surface area (TPSA) is 52.2 Å². The van der Waals surface area contributed by atoms with Crippen molar-refractivity contribution in [3.8, 4) is 0 Å². The van der Waals surface area contributed by atoms with Crippen molar-refractivity contribution >= 4 is 0 Å². The standard InChI is InChI=1S/C16H25N3O2/c1-4-6-16(17-5-2)13-7-8-19(10-13)11-14-9-15(12-20-3)21-18-14/h7-10,16-17H,4-6,11-12H2,1-3H3. The molecule has 0 aromatic carbocycles. The van der Waals surface area contributed by atoms with Gasteiger partial charge in [0.1, 0.15) is 12.3 Å². The highest BCUT2D eigenvalue weighted by molar-refractivity contribution is 5.17. The van der Waals surface area contributed by atoms with Gasteiger partial charge in [0, 0.05) is 31.6 Å². The van der Waals surface area contributed by atoms with Gasteiger partial charge in [-0.3, -0.25) is 0 Å². The molecule has 2 rings (SSSR count). The minimum Gasteiger partial charge on any atom is -0.377 e. The quantitative estimate of drug-likeness (QED) is 0.771. The first-order valence-electron chi connectivity index (χ1n) is 7.59. The summed E-state index contributed by atoms with van der Waals surface area (Å²) in [4.78, 5) is 0. The Bertz CT molecular complexity index is 527. The maximum Gasteiger partial charge on any atom is 0.162 e. The lowest BCUT2D eigenvalue weighted by Crippen LogP contribution is -2.20. The zero-order valence-electron chi connectivity index (χ0n) is 13.1. The lowest BCUT2D eigenvalue weighted by atomic mass is 10.1. The average Bonchev–Trinajstić information content (AvgIpc) is 3.09. The van der Waals surface area contributed by atoms with E-state index in [2.05, 4.69) is 47.3 Å². The average molecular weight is 291 g/mol. The summed E-state index contributed by atoms with van der Waals surface area (Å²) in [6.45, 7) is 6.53. The van der Waals surface area contributed by atoms with Crippen molar-refractivity contribution in [2.45, 2.75) is 45.9 Å². The van der Waals surface area contributed by atoms with Crippen LogP contribution in [0, 0.1) is 0 Å². The zero-order valence-corrected chi connectivity index (χ0v) is 13.1. The van der Waals surface area contributed by atoms with Crippen molar-refractivity contribution < 1.29 is 9.26 Å². The molecule has 0 aliphatic carbocycles. The number of nitrogens with one attached hydrogen (secondary N) is 1. The van der Waals surface area contributed by atoms with E-state index in [0.29, 0.717) is 12.6 Å². The largest absolute Gasteiger partial charge is 0.377 e. The van der Waals surface area contributed by atoms with Crippen LogP contribution in [-0.4, -0.2) is 23.4 Å². The van der Waals surface area contributed by atoms with Gasteiger partial charge >= 0.3 is 0 Å². The highest BCUT2D eigenvalue weighted by Gasteiger charge is 2.11. The molecule has 0 saturated heterocycles. The molecule has 21 heavy (non-hydrogen) atoms. The van der Waals surface area contributed by atoms with Crippen LogP contribution in [0.5, 0.6) is 0 Å². The second kappa shape index (κ2) is 8.00. The van der Waals surface area contributed by atoms with Crippen LogP contribution in [-0.2, 0) is 17.9 Å². The SMILES string of the molecule is CCCC(NCC)c1ccn(Cc2cc(COC)on2)c1. The summed E-state index contributed by atoms with van der Waals surface area (Å²) in [5.74, 6) is 0.761. The minimum absolute atomic E-state index is 0.433. The van der Waals surface area contributed by atoms with Crippen LogP contribution in [0.15, 0.2) is 29.0 Å². The van der Waals surface area contributed by atoms with Crippen LogP contribution in [0.2, 0.25) is 0 Å². The Morgan fingerprint density at radius 1 is 1.43 bits per heavy atom. The van der Waals surface area contributed by atoms with Crippen molar-refractivity contribution in [1.82, 2.24) is 15.0 Å². The maximum atomic E-state index is 5.21. The smallest absolute Gasteiger partial charge is 0.162 e. The van der Waals surface area contributed by atoms with Gasteiger partial charge < -0.3 is 19.1 Å². The fraction of sp³-hybridized carbons (Fsp3) is 0.562. The lowest BCUT2D eigenvalue weighted by molar-refractivity contribution is 0.155. The summed E-state index contributed by atoms with van der Waals surface area (Å²) in [5, 5.41) is 7.60. The van der Waals surface area contributed by atoms with Crippen molar-refractivity contribution in [2.75, 3.05) is 13.7 Å². The predicted octanol–water partition coefficient (Wildman–Crippen LogP) is 3.12. The van der Waals surface area contributed by atoms with Crippen LogP contribution in [0.1, 0.15) is 49.7 Å². The van der Waals surface area contributed by atoms with Crippen molar-refractivity contribution in [2.24, 2.45) is 0 Å². The molecular weight excluding hydrogens is 266 g/mol. The molecule has 5 heteroatoms. The van der Waals surface area contributed by atoms with E-state index in [-0.39, 0.29) is 0 Å². The normalized spacial score (nSPS) is 12.7. The molecule has 0 aliphatic rings. The summed E-state index contributed by atoms with van der Waals surface area (Å²) in [5.41, 5.74) is 2.25. The van der Waals surface area contributed by atoms with Gasteiger partial charge in [0.25, 0.3) is 0 Å². The first-order valence-corrected chi connectivity index (χ1v) is 7.59. The van der Waals surface area contributed by atoms with E-state index in [1.165, 1.54) is 12.0 Å². The minimum atomic E-state index is 0.433. The van der Waals surface area contributed by atoms with Gasteiger partial charge in [-0.1, -0.05) is 25.4 Å². The van der Waals surface area contributed by atoms with Gasteiger partial charge in [-0.25, -0.2) is 0 Å². The molecule has 2 heterocycles. The van der Waals surface area contributed by atoms with E-state index in [4.69, 9.17) is 9.26 Å². The van der Waals surface area contributed by atoms with Crippen LogP contribution in [0.4, 0.5) is 0 Å². The van der Waals surface area contributed by atoms with E-state index in [9.17, 15) is 0 Å². The molecule has 1 N–H and O–H groups in total. The van der Waals surface area contributed by atoms with E-state index >= 15 is 0 Å². The van der Waals surface area contributed by atoms with Crippen molar-refractivity contribution in [1.29, 1.82) is 0 Å². The molecule has 0 saturated carbocycles. The molecule has 116 valence electrons. The molecule has 0 fully saturated rings. The zero-order chi connectivity index (χ0) is 15.1. The number of nitrogens with zero attached hydrogens (tertiary/aromatic N) is 2. The Hall–Kier alpha value is -1.59. The molecule has 1 unspecified atom stereocenters. The van der Waals surface area contributed by atoms with E-state index in [1.807, 2.05) is 6.07 Å². The van der Waals surface area contributed by atoms with Crippen LogP contribution >= 0.6 is 0 Å². The van der Waals surface area contributed by atoms with Crippen LogP contribution < -0.4 is 5.32 Å². The van der Waals surface area contributed by atoms with E-state index in [1.54, 1.807) is 7.11 Å². The Kier molecular flexibility index (Phi) is 6.02. The highest BCUT2D eigenvalue weighted by atomic mass is 16.5. The third-order valence-corrected chi connectivity index (χ3v) is 3.44. The van der Waals surface area contributed by atoms with Gasteiger partial charge in [-0.2, -0.15) is 0 Å². The molecule has 5 nitrogen and oxygen atoms in total. The van der Waals surface area contributed by atoms with Crippen molar-refractivity contribution in [3.05, 3.63) is 41.5 Å². The third-order valence-electron chi connectivity index (χ3n) is 3.44. The fourth-order valence-corrected chi connectivity index (χ4v) is 2.51. The molecular formula is C16H25N3O2. The second-order valence-electron chi connectivity index (χ2n) is 5.23. The Labute approximate surface area is 126 Å². The molecule has 0 spiro atoms. The Morgan fingerprint density at radius 3 is 3.00 bits per heavy atom. The molecule has 0 aliphatic heterocycles. The summed E-state index contributed by atoms with van der Waals surface area (Å²) in [6, 6.07) is 4.55. The molecule has 2 aromatic rings. The molecule has 0 bridgehead atoms. The predicted molar refractivity (Wildman–Crippen MR) is 82.1 cm³/mol. The lowest BCUT2D eigenvalue weighted by Gasteiger charge is -2.15. The molecule has 0 radical (unpaired) electrons. The Morgan fingerprint density at radius 2 is 2.29 bits per heavy atom. The van der Waals surface area contributed by atoms with Crippen molar-refractivity contribution in [3.63, 3.8) is 0 Å². The first kappa shape index (κ1) is 15.8. The van der Waals surface area contributed by atoms with Crippen LogP contribution in [0.25, 0.3) is 0 Å². The number of hydrogen-bond donors (Lipinski definition) is 1. The van der Waals surface area contributed by atoms with Gasteiger partial charge in [-0.05, 0) is 24.6 Å². The maximum absolute atomic E-state index is 5.21. The number of hydrogen-bond acceptors (Lipinski definition) is 4.